The number of nitrogens with one attached hydrogen (secondary N) is 1. The lowest BCUT2D eigenvalue weighted by molar-refractivity contribution is 0.169. The van der Waals surface area contributed by atoms with Crippen LogP contribution in [0.15, 0.2) is 18.2 Å². The van der Waals surface area contributed by atoms with Crippen molar-refractivity contribution in [2.24, 2.45) is 0 Å². The largest absolute Gasteiger partial charge is 0.493 e. The van der Waals surface area contributed by atoms with E-state index in [1.807, 2.05) is 39.0 Å². The second-order valence-corrected chi connectivity index (χ2v) is 5.58. The third kappa shape index (κ3) is 4.69. The SMILES string of the molecule is CCC(C)(CO)NCc1ccc(OC(C)C)c(OC)c1. The molecule has 1 aromatic carbocycles. The number of methoxy groups -OCH3 is 1. The fraction of sp³-hybridized carbons (Fsp3) is 0.625. The second kappa shape index (κ2) is 7.50. The lowest BCUT2D eigenvalue weighted by Gasteiger charge is -2.27. The Bertz CT molecular complexity index is 414. The quantitative estimate of drug-likeness (QED) is 0.769. The van der Waals surface area contributed by atoms with Crippen LogP contribution >= 0.6 is 0 Å². The molecule has 1 atom stereocenters. The van der Waals surface area contributed by atoms with Crippen molar-refractivity contribution in [3.8, 4) is 11.5 Å². The summed E-state index contributed by atoms with van der Waals surface area (Å²) < 4.78 is 11.1. The number of hydrogen-bond acceptors (Lipinski definition) is 4. The van der Waals surface area contributed by atoms with Crippen molar-refractivity contribution in [1.29, 1.82) is 0 Å². The molecular weight excluding hydrogens is 254 g/mol. The van der Waals surface area contributed by atoms with E-state index in [-0.39, 0.29) is 18.2 Å². The summed E-state index contributed by atoms with van der Waals surface area (Å²) in [5.74, 6) is 1.49. The van der Waals surface area contributed by atoms with E-state index in [4.69, 9.17) is 9.47 Å². The lowest BCUT2D eigenvalue weighted by Crippen LogP contribution is -2.44. The van der Waals surface area contributed by atoms with Crippen LogP contribution in [0.4, 0.5) is 0 Å². The van der Waals surface area contributed by atoms with Crippen molar-refractivity contribution in [2.45, 2.75) is 52.3 Å². The predicted molar refractivity (Wildman–Crippen MR) is 81.4 cm³/mol. The van der Waals surface area contributed by atoms with Gasteiger partial charge in [-0.25, -0.2) is 0 Å². The molecule has 0 heterocycles. The molecule has 0 saturated carbocycles. The maximum atomic E-state index is 9.40. The monoisotopic (exact) mass is 281 g/mol. The summed E-state index contributed by atoms with van der Waals surface area (Å²) in [5.41, 5.74) is 0.853. The first-order valence-corrected chi connectivity index (χ1v) is 7.13. The predicted octanol–water partition coefficient (Wildman–Crippen LogP) is 2.73. The van der Waals surface area contributed by atoms with Gasteiger partial charge in [0, 0.05) is 12.1 Å². The Hall–Kier alpha value is -1.26. The molecule has 0 spiro atoms. The third-order valence-electron chi connectivity index (χ3n) is 3.44. The van der Waals surface area contributed by atoms with Crippen molar-refractivity contribution in [1.82, 2.24) is 5.32 Å². The molecule has 0 radical (unpaired) electrons. The van der Waals surface area contributed by atoms with Crippen LogP contribution in [-0.2, 0) is 6.54 Å². The molecule has 2 N–H and O–H groups in total. The van der Waals surface area contributed by atoms with Crippen LogP contribution in [0.25, 0.3) is 0 Å². The van der Waals surface area contributed by atoms with Gasteiger partial charge in [0.05, 0.1) is 19.8 Å². The number of hydrogen-bond donors (Lipinski definition) is 2. The highest BCUT2D eigenvalue weighted by Crippen LogP contribution is 2.29. The summed E-state index contributed by atoms with van der Waals surface area (Å²) in [5, 5.41) is 12.8. The zero-order valence-electron chi connectivity index (χ0n) is 13.2. The number of benzene rings is 1. The molecule has 20 heavy (non-hydrogen) atoms. The van der Waals surface area contributed by atoms with Crippen LogP contribution in [-0.4, -0.2) is 30.5 Å². The lowest BCUT2D eigenvalue weighted by atomic mass is 10.00. The van der Waals surface area contributed by atoms with Crippen molar-refractivity contribution < 1.29 is 14.6 Å². The zero-order valence-corrected chi connectivity index (χ0v) is 13.2. The molecular formula is C16H27NO3. The van der Waals surface area contributed by atoms with Crippen LogP contribution in [0.1, 0.15) is 39.7 Å². The fourth-order valence-electron chi connectivity index (χ4n) is 1.78. The number of rotatable bonds is 8. The molecule has 0 aliphatic carbocycles. The topological polar surface area (TPSA) is 50.7 Å². The molecule has 1 unspecified atom stereocenters. The molecule has 1 aromatic rings. The van der Waals surface area contributed by atoms with Gasteiger partial charge in [-0.2, -0.15) is 0 Å². The minimum absolute atomic E-state index is 0.116. The van der Waals surface area contributed by atoms with Gasteiger partial charge in [-0.3, -0.25) is 0 Å². The first-order valence-electron chi connectivity index (χ1n) is 7.13. The summed E-state index contributed by atoms with van der Waals surface area (Å²) in [4.78, 5) is 0. The molecule has 0 amide bonds. The minimum Gasteiger partial charge on any atom is -0.493 e. The molecule has 0 aromatic heterocycles. The Morgan fingerprint density at radius 2 is 2.00 bits per heavy atom. The van der Waals surface area contributed by atoms with Gasteiger partial charge in [0.2, 0.25) is 0 Å². The molecule has 4 heteroatoms. The molecule has 4 nitrogen and oxygen atoms in total. The Balaban J connectivity index is 2.78. The first kappa shape index (κ1) is 16.8. The molecule has 114 valence electrons. The summed E-state index contributed by atoms with van der Waals surface area (Å²) >= 11 is 0. The second-order valence-electron chi connectivity index (χ2n) is 5.58. The molecule has 0 bridgehead atoms. The van der Waals surface area contributed by atoms with E-state index in [0.29, 0.717) is 6.54 Å². The third-order valence-corrected chi connectivity index (χ3v) is 3.44. The van der Waals surface area contributed by atoms with E-state index in [1.54, 1.807) is 7.11 Å². The Labute approximate surface area is 122 Å². The summed E-state index contributed by atoms with van der Waals surface area (Å²) in [7, 11) is 1.64. The number of ether oxygens (including phenoxy) is 2. The molecule has 0 fully saturated rings. The van der Waals surface area contributed by atoms with Gasteiger partial charge in [0.15, 0.2) is 11.5 Å². The normalized spacial score (nSPS) is 14.2. The van der Waals surface area contributed by atoms with Crippen molar-refractivity contribution in [3.63, 3.8) is 0 Å². The summed E-state index contributed by atoms with van der Waals surface area (Å²) in [6, 6.07) is 5.91. The van der Waals surface area contributed by atoms with E-state index in [2.05, 4.69) is 12.2 Å². The fourth-order valence-corrected chi connectivity index (χ4v) is 1.78. The van der Waals surface area contributed by atoms with Gasteiger partial charge in [-0.15, -0.1) is 0 Å². The van der Waals surface area contributed by atoms with E-state index >= 15 is 0 Å². The molecule has 0 saturated heterocycles. The molecule has 0 aliphatic rings. The van der Waals surface area contributed by atoms with Gasteiger partial charge in [-0.05, 0) is 44.9 Å². The molecule has 0 aliphatic heterocycles. The van der Waals surface area contributed by atoms with E-state index in [9.17, 15) is 5.11 Å². The van der Waals surface area contributed by atoms with Crippen molar-refractivity contribution in [3.05, 3.63) is 23.8 Å². The van der Waals surface area contributed by atoms with Crippen LogP contribution in [0.3, 0.4) is 0 Å². The Morgan fingerprint density at radius 1 is 1.30 bits per heavy atom. The van der Waals surface area contributed by atoms with Crippen LogP contribution in [0.2, 0.25) is 0 Å². The highest BCUT2D eigenvalue weighted by molar-refractivity contribution is 5.43. The van der Waals surface area contributed by atoms with Crippen molar-refractivity contribution in [2.75, 3.05) is 13.7 Å². The van der Waals surface area contributed by atoms with Gasteiger partial charge in [0.1, 0.15) is 0 Å². The Morgan fingerprint density at radius 3 is 2.50 bits per heavy atom. The Kier molecular flexibility index (Phi) is 6.30. The minimum atomic E-state index is -0.250. The number of aliphatic hydroxyl groups excluding tert-OH is 1. The average Bonchev–Trinajstić information content (AvgIpc) is 2.45. The smallest absolute Gasteiger partial charge is 0.161 e. The van der Waals surface area contributed by atoms with Gasteiger partial charge in [0.25, 0.3) is 0 Å². The standard InChI is InChI=1S/C16H27NO3/c1-6-16(4,11-18)17-10-13-7-8-14(20-12(2)3)15(9-13)19-5/h7-9,12,17-18H,6,10-11H2,1-5H3. The van der Waals surface area contributed by atoms with Gasteiger partial charge in [-0.1, -0.05) is 13.0 Å². The van der Waals surface area contributed by atoms with E-state index in [1.165, 1.54) is 0 Å². The maximum absolute atomic E-state index is 9.40. The summed E-state index contributed by atoms with van der Waals surface area (Å²) in [6.45, 7) is 8.86. The highest BCUT2D eigenvalue weighted by atomic mass is 16.5. The maximum Gasteiger partial charge on any atom is 0.161 e. The first-order chi connectivity index (χ1) is 9.44. The molecule has 1 rings (SSSR count). The van der Waals surface area contributed by atoms with Crippen molar-refractivity contribution >= 4 is 0 Å². The van der Waals surface area contributed by atoms with Crippen LogP contribution in [0, 0.1) is 0 Å². The van der Waals surface area contributed by atoms with Crippen LogP contribution < -0.4 is 14.8 Å². The summed E-state index contributed by atoms with van der Waals surface area (Å²) in [6.07, 6.45) is 0.987. The number of aliphatic hydroxyl groups is 1. The zero-order chi connectivity index (χ0) is 15.2. The van der Waals surface area contributed by atoms with E-state index < -0.39 is 0 Å². The van der Waals surface area contributed by atoms with Crippen LogP contribution in [0.5, 0.6) is 11.5 Å². The van der Waals surface area contributed by atoms with Gasteiger partial charge < -0.3 is 19.9 Å². The average molecular weight is 281 g/mol. The van der Waals surface area contributed by atoms with E-state index in [0.717, 1.165) is 23.5 Å². The highest BCUT2D eigenvalue weighted by Gasteiger charge is 2.19. The van der Waals surface area contributed by atoms with Gasteiger partial charge >= 0.3 is 0 Å².